The average molecular weight is 199 g/mol. The van der Waals surface area contributed by atoms with E-state index in [1.807, 2.05) is 0 Å². The first-order valence-electron chi connectivity index (χ1n) is 3.60. The van der Waals surface area contributed by atoms with Crippen molar-refractivity contribution in [1.29, 1.82) is 0 Å². The molecule has 1 rings (SSSR count). The Morgan fingerprint density at radius 3 is 2.46 bits per heavy atom. The summed E-state index contributed by atoms with van der Waals surface area (Å²) in [5.41, 5.74) is 0.790. The molecule has 0 radical (unpaired) electrons. The normalized spacial score (nSPS) is 9.31. The summed E-state index contributed by atoms with van der Waals surface area (Å²) < 4.78 is 4.57. The van der Waals surface area contributed by atoms with Crippen LogP contribution in [0.4, 0.5) is 0 Å². The van der Waals surface area contributed by atoms with Crippen LogP contribution in [0.3, 0.4) is 0 Å². The lowest BCUT2D eigenvalue weighted by molar-refractivity contribution is -0.120. The van der Waals surface area contributed by atoms with Gasteiger partial charge in [-0.15, -0.1) is 0 Å². The van der Waals surface area contributed by atoms with E-state index in [4.69, 9.17) is 11.6 Å². The molecule has 0 atom stereocenters. The van der Waals surface area contributed by atoms with Crippen molar-refractivity contribution in [2.75, 3.05) is 0 Å². The predicted molar refractivity (Wildman–Crippen MR) is 47.7 cm³/mol. The van der Waals surface area contributed by atoms with Gasteiger partial charge >= 0.3 is 0 Å². The molecule has 0 unspecified atom stereocenters. The molecule has 68 valence electrons. The summed E-state index contributed by atoms with van der Waals surface area (Å²) in [5.74, 6) is 0.445. The van der Waals surface area contributed by atoms with Crippen LogP contribution in [0, 0.1) is 0 Å². The van der Waals surface area contributed by atoms with Gasteiger partial charge in [0.2, 0.25) is 5.24 Å². The Hall–Kier alpha value is -1.35. The summed E-state index contributed by atoms with van der Waals surface area (Å²) in [6.07, 6.45) is 0.183. The Kier molecular flexibility index (Phi) is 3.46. The van der Waals surface area contributed by atoms with Gasteiger partial charge in [-0.05, 0) is 29.3 Å². The Bertz CT molecular complexity index is 305. The first kappa shape index (κ1) is 9.74. The summed E-state index contributed by atoms with van der Waals surface area (Å²) in [6.45, 7) is 0.349. The smallest absolute Gasteiger partial charge is 0.298 e. The molecular formula is C9H7ClO3. The number of ether oxygens (including phenoxy) is 1. The first-order valence-corrected chi connectivity index (χ1v) is 3.98. The minimum atomic E-state index is -0.413. The van der Waals surface area contributed by atoms with E-state index in [1.165, 1.54) is 0 Å². The molecule has 13 heavy (non-hydrogen) atoms. The SMILES string of the molecule is O=COc1ccc(CC(=O)Cl)cc1. The molecule has 0 aliphatic heterocycles. The third-order valence-electron chi connectivity index (χ3n) is 1.45. The molecular weight excluding hydrogens is 192 g/mol. The topological polar surface area (TPSA) is 43.4 Å². The van der Waals surface area contributed by atoms with Gasteiger partial charge < -0.3 is 4.74 Å². The minimum absolute atomic E-state index is 0.183. The molecule has 0 fully saturated rings. The maximum Gasteiger partial charge on any atom is 0.298 e. The number of carbonyl (C=O) groups excluding carboxylic acids is 2. The minimum Gasteiger partial charge on any atom is -0.429 e. The zero-order valence-electron chi connectivity index (χ0n) is 6.70. The van der Waals surface area contributed by atoms with E-state index in [1.54, 1.807) is 24.3 Å². The van der Waals surface area contributed by atoms with Gasteiger partial charge in [-0.3, -0.25) is 9.59 Å². The van der Waals surface area contributed by atoms with Crippen molar-refractivity contribution in [2.45, 2.75) is 6.42 Å². The molecule has 0 saturated carbocycles. The predicted octanol–water partition coefficient (Wildman–Crippen LogP) is 1.53. The molecule has 0 aromatic heterocycles. The molecule has 0 spiro atoms. The fourth-order valence-corrected chi connectivity index (χ4v) is 1.06. The summed E-state index contributed by atoms with van der Waals surface area (Å²) in [7, 11) is 0. The molecule has 0 aliphatic carbocycles. The third-order valence-corrected chi connectivity index (χ3v) is 1.58. The largest absolute Gasteiger partial charge is 0.429 e. The third kappa shape index (κ3) is 3.25. The fourth-order valence-electron chi connectivity index (χ4n) is 0.902. The fraction of sp³-hybridized carbons (Fsp3) is 0.111. The van der Waals surface area contributed by atoms with Crippen molar-refractivity contribution in [3.05, 3.63) is 29.8 Å². The molecule has 0 heterocycles. The molecule has 0 N–H and O–H groups in total. The van der Waals surface area contributed by atoms with Crippen LogP contribution in [0.1, 0.15) is 5.56 Å². The number of hydrogen-bond acceptors (Lipinski definition) is 3. The highest BCUT2D eigenvalue weighted by atomic mass is 35.5. The lowest BCUT2D eigenvalue weighted by Crippen LogP contribution is -1.93. The van der Waals surface area contributed by atoms with Crippen molar-refractivity contribution in [3.8, 4) is 5.75 Å². The number of benzene rings is 1. The Morgan fingerprint density at radius 1 is 1.38 bits per heavy atom. The zero-order chi connectivity index (χ0) is 9.68. The van der Waals surface area contributed by atoms with Gasteiger partial charge in [-0.1, -0.05) is 12.1 Å². The lowest BCUT2D eigenvalue weighted by atomic mass is 10.2. The Morgan fingerprint density at radius 2 is 2.00 bits per heavy atom. The Balaban J connectivity index is 2.69. The second-order valence-corrected chi connectivity index (χ2v) is 2.81. The van der Waals surface area contributed by atoms with E-state index in [2.05, 4.69) is 4.74 Å². The lowest BCUT2D eigenvalue weighted by Gasteiger charge is -1.98. The quantitative estimate of drug-likeness (QED) is 0.544. The zero-order valence-corrected chi connectivity index (χ0v) is 7.45. The molecule has 0 saturated heterocycles. The van der Waals surface area contributed by atoms with E-state index in [-0.39, 0.29) is 6.42 Å². The van der Waals surface area contributed by atoms with Crippen LogP contribution in [0.5, 0.6) is 5.75 Å². The van der Waals surface area contributed by atoms with E-state index >= 15 is 0 Å². The summed E-state index contributed by atoms with van der Waals surface area (Å²) in [5, 5.41) is -0.413. The van der Waals surface area contributed by atoms with E-state index in [0.29, 0.717) is 12.2 Å². The molecule has 0 aliphatic rings. The second-order valence-electron chi connectivity index (χ2n) is 2.39. The highest BCUT2D eigenvalue weighted by Crippen LogP contribution is 2.12. The van der Waals surface area contributed by atoms with Gasteiger partial charge in [0.15, 0.2) is 0 Å². The van der Waals surface area contributed by atoms with Crippen molar-refractivity contribution in [2.24, 2.45) is 0 Å². The molecule has 0 bridgehead atoms. The molecule has 0 amide bonds. The van der Waals surface area contributed by atoms with Gasteiger partial charge in [0.1, 0.15) is 5.75 Å². The maximum atomic E-state index is 10.5. The van der Waals surface area contributed by atoms with E-state index in [9.17, 15) is 9.59 Å². The monoisotopic (exact) mass is 198 g/mol. The van der Waals surface area contributed by atoms with Crippen LogP contribution in [-0.4, -0.2) is 11.7 Å². The van der Waals surface area contributed by atoms with Crippen LogP contribution in [0.2, 0.25) is 0 Å². The first-order chi connectivity index (χ1) is 6.22. The number of rotatable bonds is 4. The highest BCUT2D eigenvalue weighted by Gasteiger charge is 1.99. The van der Waals surface area contributed by atoms with Gasteiger partial charge in [0.05, 0.1) is 0 Å². The molecule has 1 aromatic rings. The molecule has 1 aromatic carbocycles. The number of hydrogen-bond donors (Lipinski definition) is 0. The van der Waals surface area contributed by atoms with Gasteiger partial charge in [-0.2, -0.15) is 0 Å². The van der Waals surface area contributed by atoms with E-state index in [0.717, 1.165) is 5.56 Å². The van der Waals surface area contributed by atoms with Crippen molar-refractivity contribution >= 4 is 23.3 Å². The van der Waals surface area contributed by atoms with E-state index < -0.39 is 5.24 Å². The van der Waals surface area contributed by atoms with Crippen LogP contribution in [0.15, 0.2) is 24.3 Å². The van der Waals surface area contributed by atoms with Crippen molar-refractivity contribution in [1.82, 2.24) is 0 Å². The van der Waals surface area contributed by atoms with Crippen LogP contribution >= 0.6 is 11.6 Å². The molecule has 4 heteroatoms. The standard InChI is InChI=1S/C9H7ClO3/c10-9(12)5-7-1-3-8(4-2-7)13-6-11/h1-4,6H,5H2. The van der Waals surface area contributed by atoms with Crippen LogP contribution in [0.25, 0.3) is 0 Å². The average Bonchev–Trinajstić information content (AvgIpc) is 2.08. The van der Waals surface area contributed by atoms with Crippen molar-refractivity contribution in [3.63, 3.8) is 0 Å². The number of carbonyl (C=O) groups is 2. The highest BCUT2D eigenvalue weighted by molar-refractivity contribution is 6.63. The summed E-state index contributed by atoms with van der Waals surface area (Å²) >= 11 is 5.19. The molecule has 3 nitrogen and oxygen atoms in total. The van der Waals surface area contributed by atoms with Gasteiger partial charge in [0.25, 0.3) is 6.47 Å². The number of halogens is 1. The van der Waals surface area contributed by atoms with Crippen molar-refractivity contribution < 1.29 is 14.3 Å². The van der Waals surface area contributed by atoms with Gasteiger partial charge in [0, 0.05) is 6.42 Å². The van der Waals surface area contributed by atoms with Gasteiger partial charge in [-0.25, -0.2) is 0 Å². The summed E-state index contributed by atoms with van der Waals surface area (Å²) in [6, 6.07) is 6.56. The Labute approximate surface area is 80.3 Å². The summed E-state index contributed by atoms with van der Waals surface area (Å²) in [4.78, 5) is 20.4. The van der Waals surface area contributed by atoms with Crippen LogP contribution in [-0.2, 0) is 16.0 Å². The van der Waals surface area contributed by atoms with Crippen LogP contribution < -0.4 is 4.74 Å². The second kappa shape index (κ2) is 4.62. The maximum absolute atomic E-state index is 10.5.